The predicted octanol–water partition coefficient (Wildman–Crippen LogP) is 3.57. The molecule has 1 N–H and O–H groups in total. The molecular formula is C23H26N6O2. The number of anilines is 1. The van der Waals surface area contributed by atoms with Crippen molar-refractivity contribution in [1.29, 1.82) is 0 Å². The van der Waals surface area contributed by atoms with Gasteiger partial charge in [-0.3, -0.25) is 9.48 Å². The number of carbonyl (C=O) groups excluding carboxylic acids is 1. The molecule has 3 aromatic heterocycles. The third-order valence-electron chi connectivity index (χ3n) is 5.24. The molecule has 3 aromatic rings. The molecule has 0 fully saturated rings. The summed E-state index contributed by atoms with van der Waals surface area (Å²) < 4.78 is 7.56. The lowest BCUT2D eigenvalue weighted by Crippen LogP contribution is -2.22. The molecule has 0 aromatic carbocycles. The molecule has 4 rings (SSSR count). The van der Waals surface area contributed by atoms with Gasteiger partial charge in [0.2, 0.25) is 5.91 Å². The second-order valence-electron chi connectivity index (χ2n) is 7.80. The Hall–Kier alpha value is -3.39. The van der Waals surface area contributed by atoms with E-state index in [9.17, 15) is 4.79 Å². The van der Waals surface area contributed by atoms with Crippen LogP contribution < -0.4 is 5.32 Å². The summed E-state index contributed by atoms with van der Waals surface area (Å²) in [5.41, 5.74) is 5.02. The van der Waals surface area contributed by atoms with Crippen molar-refractivity contribution in [3.63, 3.8) is 0 Å². The van der Waals surface area contributed by atoms with Gasteiger partial charge in [0, 0.05) is 35.4 Å². The minimum absolute atomic E-state index is 0.0690. The van der Waals surface area contributed by atoms with Crippen molar-refractivity contribution in [2.24, 2.45) is 0 Å². The summed E-state index contributed by atoms with van der Waals surface area (Å²) in [5, 5.41) is 7.44. The number of aryl methyl sites for hydroxylation is 1. The quantitative estimate of drug-likeness (QED) is 0.681. The van der Waals surface area contributed by atoms with Gasteiger partial charge in [0.25, 0.3) is 0 Å². The molecular weight excluding hydrogens is 392 g/mol. The molecule has 1 aliphatic rings. The van der Waals surface area contributed by atoms with Gasteiger partial charge < -0.3 is 10.1 Å². The summed E-state index contributed by atoms with van der Waals surface area (Å²) in [6, 6.07) is 5.33. The molecule has 1 aliphatic heterocycles. The van der Waals surface area contributed by atoms with Crippen LogP contribution in [0.15, 0.2) is 42.9 Å². The monoisotopic (exact) mass is 418 g/mol. The van der Waals surface area contributed by atoms with E-state index in [4.69, 9.17) is 4.74 Å². The minimum atomic E-state index is -0.184. The largest absolute Gasteiger partial charge is 0.371 e. The van der Waals surface area contributed by atoms with Crippen molar-refractivity contribution in [2.75, 3.05) is 5.32 Å². The van der Waals surface area contributed by atoms with E-state index in [0.29, 0.717) is 11.6 Å². The van der Waals surface area contributed by atoms with E-state index in [2.05, 4.69) is 38.4 Å². The number of hydrogen-bond donors (Lipinski definition) is 1. The number of amides is 1. The molecule has 0 radical (unpaired) electrons. The van der Waals surface area contributed by atoms with Crippen molar-refractivity contribution >= 4 is 17.3 Å². The number of nitrogens with one attached hydrogen (secondary N) is 1. The van der Waals surface area contributed by atoms with Crippen LogP contribution >= 0.6 is 0 Å². The van der Waals surface area contributed by atoms with Gasteiger partial charge >= 0.3 is 0 Å². The van der Waals surface area contributed by atoms with Crippen LogP contribution in [-0.2, 0) is 16.1 Å². The molecule has 1 amide bonds. The van der Waals surface area contributed by atoms with Gasteiger partial charge in [-0.15, -0.1) is 0 Å². The molecule has 2 unspecified atom stereocenters. The van der Waals surface area contributed by atoms with Gasteiger partial charge in [-0.2, -0.15) is 5.10 Å². The normalized spacial score (nSPS) is 18.5. The Morgan fingerprint density at radius 1 is 1.19 bits per heavy atom. The average Bonchev–Trinajstić information content (AvgIpc) is 3.01. The molecule has 8 nitrogen and oxygen atoms in total. The first-order chi connectivity index (χ1) is 14.9. The van der Waals surface area contributed by atoms with Crippen LogP contribution in [0.4, 0.5) is 5.82 Å². The fraction of sp³-hybridized carbons (Fsp3) is 0.348. The summed E-state index contributed by atoms with van der Waals surface area (Å²) in [4.78, 5) is 25.3. The Balaban J connectivity index is 1.46. The smallest absolute Gasteiger partial charge is 0.247 e. The van der Waals surface area contributed by atoms with Gasteiger partial charge in [-0.25, -0.2) is 15.0 Å². The molecule has 4 heterocycles. The third kappa shape index (κ3) is 4.69. The van der Waals surface area contributed by atoms with Crippen LogP contribution in [0.3, 0.4) is 0 Å². The van der Waals surface area contributed by atoms with E-state index in [-0.39, 0.29) is 24.7 Å². The highest BCUT2D eigenvalue weighted by molar-refractivity contribution is 5.89. The van der Waals surface area contributed by atoms with E-state index in [1.807, 2.05) is 26.8 Å². The molecule has 8 heteroatoms. The maximum atomic E-state index is 12.6. The highest BCUT2D eigenvalue weighted by Crippen LogP contribution is 2.31. The lowest BCUT2D eigenvalue weighted by Gasteiger charge is -2.25. The fourth-order valence-electron chi connectivity index (χ4n) is 3.98. The molecule has 0 saturated carbocycles. The Morgan fingerprint density at radius 2 is 1.97 bits per heavy atom. The summed E-state index contributed by atoms with van der Waals surface area (Å²) >= 11 is 0. The van der Waals surface area contributed by atoms with Gasteiger partial charge in [0.15, 0.2) is 5.82 Å². The number of hydrogen-bond acceptors (Lipinski definition) is 6. The maximum absolute atomic E-state index is 12.6. The Kier molecular flexibility index (Phi) is 5.90. The number of carbonyl (C=O) groups is 1. The number of rotatable bonds is 5. The zero-order valence-electron chi connectivity index (χ0n) is 18.2. The summed E-state index contributed by atoms with van der Waals surface area (Å²) in [7, 11) is 0. The molecule has 0 bridgehead atoms. The van der Waals surface area contributed by atoms with Crippen LogP contribution in [0.25, 0.3) is 17.0 Å². The van der Waals surface area contributed by atoms with E-state index in [0.717, 1.165) is 28.9 Å². The van der Waals surface area contributed by atoms with Crippen LogP contribution in [0, 0.1) is 13.8 Å². The first-order valence-corrected chi connectivity index (χ1v) is 10.3. The summed E-state index contributed by atoms with van der Waals surface area (Å²) in [6.45, 7) is 8.22. The van der Waals surface area contributed by atoms with Gasteiger partial charge in [-0.05, 0) is 57.9 Å². The maximum Gasteiger partial charge on any atom is 0.247 e. The van der Waals surface area contributed by atoms with E-state index < -0.39 is 0 Å². The number of ether oxygens (including phenoxy) is 1. The van der Waals surface area contributed by atoms with Crippen molar-refractivity contribution in [2.45, 2.75) is 52.9 Å². The van der Waals surface area contributed by atoms with Gasteiger partial charge in [0.1, 0.15) is 12.4 Å². The fourth-order valence-corrected chi connectivity index (χ4v) is 3.98. The van der Waals surface area contributed by atoms with E-state index >= 15 is 0 Å². The lowest BCUT2D eigenvalue weighted by atomic mass is 9.95. The van der Waals surface area contributed by atoms with Crippen molar-refractivity contribution in [1.82, 2.24) is 24.7 Å². The van der Waals surface area contributed by atoms with Crippen molar-refractivity contribution in [3.8, 4) is 11.4 Å². The van der Waals surface area contributed by atoms with E-state index in [1.54, 1.807) is 35.4 Å². The SMILES string of the molecule is Cc1nn(CC(=O)Nc2ccc(-c3ncccn3)cn2)c(C)c1C1=CC(C)OC(C)C1. The highest BCUT2D eigenvalue weighted by atomic mass is 16.5. The summed E-state index contributed by atoms with van der Waals surface area (Å²) in [5.74, 6) is 0.881. The molecule has 2 atom stereocenters. The standard InChI is InChI=1S/C23H26N6O2/c1-14-10-19(11-15(2)31-14)22-16(3)28-29(17(22)4)13-21(30)27-20-7-6-18(12-26-20)23-24-8-5-9-25-23/h5-10,12,14-15H,11,13H2,1-4H3,(H,26,27,30). The predicted molar refractivity (Wildman–Crippen MR) is 118 cm³/mol. The van der Waals surface area contributed by atoms with Crippen LogP contribution in [-0.4, -0.2) is 42.8 Å². The number of nitrogens with zero attached hydrogens (tertiary/aromatic N) is 5. The Labute approximate surface area is 181 Å². The molecule has 0 saturated heterocycles. The third-order valence-corrected chi connectivity index (χ3v) is 5.24. The number of pyridine rings is 1. The van der Waals surface area contributed by atoms with Gasteiger partial charge in [0.05, 0.1) is 17.9 Å². The lowest BCUT2D eigenvalue weighted by molar-refractivity contribution is -0.117. The van der Waals surface area contributed by atoms with Gasteiger partial charge in [-0.1, -0.05) is 6.08 Å². The molecule has 31 heavy (non-hydrogen) atoms. The zero-order valence-corrected chi connectivity index (χ0v) is 18.2. The Morgan fingerprint density at radius 3 is 2.65 bits per heavy atom. The zero-order chi connectivity index (χ0) is 22.0. The van der Waals surface area contributed by atoms with Crippen LogP contribution in [0.1, 0.15) is 37.2 Å². The first-order valence-electron chi connectivity index (χ1n) is 10.3. The second kappa shape index (κ2) is 8.77. The van der Waals surface area contributed by atoms with Crippen LogP contribution in [0.2, 0.25) is 0 Å². The Bertz CT molecular complexity index is 1110. The molecule has 0 aliphatic carbocycles. The molecule has 0 spiro atoms. The van der Waals surface area contributed by atoms with Crippen molar-refractivity contribution < 1.29 is 9.53 Å². The first kappa shape index (κ1) is 20.9. The minimum Gasteiger partial charge on any atom is -0.371 e. The number of aromatic nitrogens is 5. The van der Waals surface area contributed by atoms with Crippen molar-refractivity contribution in [3.05, 3.63) is 59.8 Å². The average molecular weight is 419 g/mol. The highest BCUT2D eigenvalue weighted by Gasteiger charge is 2.23. The van der Waals surface area contributed by atoms with E-state index in [1.165, 1.54) is 5.57 Å². The molecule has 160 valence electrons. The summed E-state index contributed by atoms with van der Waals surface area (Å²) in [6.07, 6.45) is 8.22. The van der Waals surface area contributed by atoms with Crippen LogP contribution in [0.5, 0.6) is 0 Å². The topological polar surface area (TPSA) is 94.8 Å². The second-order valence-corrected chi connectivity index (χ2v) is 7.80.